The van der Waals surface area contributed by atoms with Crippen LogP contribution >= 0.6 is 11.5 Å². The third kappa shape index (κ3) is 0.617. The van der Waals surface area contributed by atoms with Crippen molar-refractivity contribution in [3.63, 3.8) is 0 Å². The van der Waals surface area contributed by atoms with E-state index in [0.717, 1.165) is 11.5 Å². The van der Waals surface area contributed by atoms with Crippen LogP contribution in [0.25, 0.3) is 10.5 Å². The summed E-state index contributed by atoms with van der Waals surface area (Å²) in [5.74, 6) is 0. The van der Waals surface area contributed by atoms with Gasteiger partial charge in [0.15, 0.2) is 0 Å². The summed E-state index contributed by atoms with van der Waals surface area (Å²) in [5.41, 5.74) is 0.454. The summed E-state index contributed by atoms with van der Waals surface area (Å²) < 4.78 is 3.59. The average Bonchev–Trinajstić information content (AvgIpc) is 2.33. The monoisotopic (exact) mass is 140 g/mol. The quantitative estimate of drug-likeness (QED) is 0.480. The van der Waals surface area contributed by atoms with Gasteiger partial charge >= 0.3 is 0 Å². The molecule has 0 unspecified atom stereocenters. The standard InChI is InChI=1S/C2N6S/c3-1-2(5-7-6-3)9-8-4-1. The van der Waals surface area contributed by atoms with Gasteiger partial charge < -0.3 is 0 Å². The van der Waals surface area contributed by atoms with Gasteiger partial charge in [-0.1, -0.05) is 4.49 Å². The fourth-order valence-corrected chi connectivity index (χ4v) is 0.862. The SMILES string of the molecule is n1nnc2snnc2n1. The van der Waals surface area contributed by atoms with Crippen molar-refractivity contribution in [2.75, 3.05) is 0 Å². The third-order valence-corrected chi connectivity index (χ3v) is 1.37. The lowest BCUT2D eigenvalue weighted by molar-refractivity contribution is 0.793. The van der Waals surface area contributed by atoms with Crippen molar-refractivity contribution in [3.05, 3.63) is 0 Å². The van der Waals surface area contributed by atoms with E-state index in [-0.39, 0.29) is 0 Å². The molecule has 9 heavy (non-hydrogen) atoms. The number of hydrogen-bond acceptors (Lipinski definition) is 7. The van der Waals surface area contributed by atoms with Gasteiger partial charge in [-0.05, 0) is 10.4 Å². The van der Waals surface area contributed by atoms with Crippen molar-refractivity contribution in [3.8, 4) is 0 Å². The number of aromatic nitrogens is 6. The van der Waals surface area contributed by atoms with Gasteiger partial charge in [-0.25, -0.2) is 0 Å². The highest BCUT2D eigenvalue weighted by atomic mass is 32.1. The Morgan fingerprint density at radius 3 is 2.78 bits per heavy atom. The van der Waals surface area contributed by atoms with E-state index in [0.29, 0.717) is 10.5 Å². The van der Waals surface area contributed by atoms with Crippen LogP contribution in [-0.2, 0) is 0 Å². The van der Waals surface area contributed by atoms with E-state index in [1.807, 2.05) is 0 Å². The van der Waals surface area contributed by atoms with E-state index in [2.05, 4.69) is 30.2 Å². The van der Waals surface area contributed by atoms with Crippen molar-refractivity contribution < 1.29 is 0 Å². The van der Waals surface area contributed by atoms with Gasteiger partial charge in [-0.2, -0.15) is 0 Å². The number of hydrogen-bond donors (Lipinski definition) is 0. The minimum atomic E-state index is 0.454. The summed E-state index contributed by atoms with van der Waals surface area (Å²) in [6.07, 6.45) is 0. The molecule has 0 aliphatic heterocycles. The summed E-state index contributed by atoms with van der Waals surface area (Å²) in [6, 6.07) is 0. The summed E-state index contributed by atoms with van der Waals surface area (Å²) in [7, 11) is 0. The molecule has 0 saturated heterocycles. The largest absolute Gasteiger partial charge is 0.238 e. The minimum Gasteiger partial charge on any atom is -0.114 e. The predicted octanol–water partition coefficient (Wildman–Crippen LogP) is -0.729. The number of rotatable bonds is 0. The highest BCUT2D eigenvalue weighted by molar-refractivity contribution is 7.12. The lowest BCUT2D eigenvalue weighted by Gasteiger charge is -1.74. The predicted molar refractivity (Wildman–Crippen MR) is 28.6 cm³/mol. The Morgan fingerprint density at radius 2 is 1.89 bits per heavy atom. The fourth-order valence-electron chi connectivity index (χ4n) is 0.430. The molecule has 0 aliphatic rings. The zero-order chi connectivity index (χ0) is 6.10. The molecule has 0 N–H and O–H groups in total. The van der Waals surface area contributed by atoms with E-state index in [1.54, 1.807) is 0 Å². The molecule has 0 radical (unpaired) electrons. The van der Waals surface area contributed by atoms with Crippen LogP contribution < -0.4 is 0 Å². The van der Waals surface area contributed by atoms with Crippen LogP contribution in [-0.4, -0.2) is 30.2 Å². The first-order valence-corrected chi connectivity index (χ1v) is 2.88. The molecule has 2 aromatic rings. The van der Waals surface area contributed by atoms with Crippen LogP contribution in [0.4, 0.5) is 0 Å². The summed E-state index contributed by atoms with van der Waals surface area (Å²) in [5, 5.41) is 17.4. The lowest BCUT2D eigenvalue weighted by atomic mass is 10.8. The Morgan fingerprint density at radius 1 is 1.00 bits per heavy atom. The molecule has 44 valence electrons. The van der Waals surface area contributed by atoms with Crippen LogP contribution in [0.15, 0.2) is 0 Å². The molecule has 7 heteroatoms. The number of fused-ring (bicyclic) bond motifs is 1. The molecule has 0 atom stereocenters. The highest BCUT2D eigenvalue weighted by Crippen LogP contribution is 2.03. The molecule has 0 amide bonds. The minimum absolute atomic E-state index is 0.454. The zero-order valence-electron chi connectivity index (χ0n) is 4.09. The van der Waals surface area contributed by atoms with Crippen molar-refractivity contribution in [1.29, 1.82) is 0 Å². The van der Waals surface area contributed by atoms with Gasteiger partial charge in [-0.3, -0.25) is 0 Å². The lowest BCUT2D eigenvalue weighted by Crippen LogP contribution is -1.89. The second-order valence-corrected chi connectivity index (χ2v) is 2.01. The van der Waals surface area contributed by atoms with Crippen molar-refractivity contribution in [2.24, 2.45) is 0 Å². The smallest absolute Gasteiger partial charge is 0.114 e. The van der Waals surface area contributed by atoms with Gasteiger partial charge in [0.05, 0.1) is 0 Å². The summed E-state index contributed by atoms with van der Waals surface area (Å²) in [6.45, 7) is 0. The van der Waals surface area contributed by atoms with Gasteiger partial charge in [0, 0.05) is 11.5 Å². The van der Waals surface area contributed by atoms with E-state index < -0.39 is 0 Å². The van der Waals surface area contributed by atoms with E-state index in [9.17, 15) is 0 Å². The van der Waals surface area contributed by atoms with E-state index in [4.69, 9.17) is 0 Å². The molecule has 0 bridgehead atoms. The molecule has 0 fully saturated rings. The summed E-state index contributed by atoms with van der Waals surface area (Å²) >= 11 is 1.15. The Labute approximate surface area is 53.1 Å². The average molecular weight is 140 g/mol. The molecule has 0 aromatic carbocycles. The highest BCUT2D eigenvalue weighted by Gasteiger charge is 1.97. The number of nitrogens with zero attached hydrogens (tertiary/aromatic N) is 6. The second-order valence-electron chi connectivity index (χ2n) is 1.28. The van der Waals surface area contributed by atoms with Crippen LogP contribution in [0, 0.1) is 0 Å². The van der Waals surface area contributed by atoms with Gasteiger partial charge in [0.2, 0.25) is 10.5 Å². The second kappa shape index (κ2) is 1.62. The molecular formula is C2N6S. The third-order valence-electron chi connectivity index (χ3n) is 0.769. The summed E-state index contributed by atoms with van der Waals surface area (Å²) in [4.78, 5) is 0.616. The molecule has 0 saturated carbocycles. The van der Waals surface area contributed by atoms with Crippen LogP contribution in [0.2, 0.25) is 0 Å². The Kier molecular flexibility index (Phi) is 0.833. The zero-order valence-corrected chi connectivity index (χ0v) is 4.91. The van der Waals surface area contributed by atoms with Crippen molar-refractivity contribution >= 4 is 22.0 Å². The first-order chi connectivity index (χ1) is 4.47. The van der Waals surface area contributed by atoms with Gasteiger partial charge in [0.25, 0.3) is 0 Å². The Hall–Kier alpha value is -1.24. The van der Waals surface area contributed by atoms with Crippen LogP contribution in [0.1, 0.15) is 0 Å². The molecule has 6 nitrogen and oxygen atoms in total. The first-order valence-electron chi connectivity index (χ1n) is 2.11. The van der Waals surface area contributed by atoms with Gasteiger partial charge in [0.1, 0.15) is 0 Å². The van der Waals surface area contributed by atoms with Crippen molar-refractivity contribution in [1.82, 2.24) is 30.2 Å². The topological polar surface area (TPSA) is 77.3 Å². The first kappa shape index (κ1) is 4.62. The normalized spacial score (nSPS) is 10.2. The molecular weight excluding hydrogens is 140 g/mol. The van der Waals surface area contributed by atoms with Gasteiger partial charge in [-0.15, -0.1) is 15.3 Å². The van der Waals surface area contributed by atoms with E-state index >= 15 is 0 Å². The molecule has 2 aromatic heterocycles. The molecule has 2 heterocycles. The Bertz CT molecular complexity index is 285. The molecule has 0 spiro atoms. The maximum Gasteiger partial charge on any atom is 0.238 e. The maximum absolute atomic E-state index is 3.61. The molecule has 0 aliphatic carbocycles. The van der Waals surface area contributed by atoms with Crippen molar-refractivity contribution in [2.45, 2.75) is 0 Å². The van der Waals surface area contributed by atoms with E-state index in [1.165, 1.54) is 0 Å². The van der Waals surface area contributed by atoms with Crippen LogP contribution in [0.3, 0.4) is 0 Å². The molecule has 2 rings (SSSR count). The Balaban J connectivity index is 2.95. The maximum atomic E-state index is 3.61. The van der Waals surface area contributed by atoms with Crippen LogP contribution in [0.5, 0.6) is 0 Å². The fraction of sp³-hybridized carbons (Fsp3) is 0.